The van der Waals surface area contributed by atoms with Crippen LogP contribution in [0.2, 0.25) is 0 Å². The standard InChI is InChI=1S/C14H18N2O2/c1-9(7-15-10(2)17)13-8-16-14-5-4-11(18-3)6-12(13)14/h4-6,8-9,16H,7H2,1-3H3,(H,15,17)/t9-/m1/s1. The summed E-state index contributed by atoms with van der Waals surface area (Å²) < 4.78 is 5.24. The summed E-state index contributed by atoms with van der Waals surface area (Å²) in [5.74, 6) is 1.10. The van der Waals surface area contributed by atoms with E-state index in [0.717, 1.165) is 16.7 Å². The van der Waals surface area contributed by atoms with Gasteiger partial charge in [0, 0.05) is 36.5 Å². The van der Waals surface area contributed by atoms with Crippen LogP contribution < -0.4 is 10.1 Å². The van der Waals surface area contributed by atoms with Gasteiger partial charge in [-0.1, -0.05) is 6.92 Å². The summed E-state index contributed by atoms with van der Waals surface area (Å²) in [4.78, 5) is 14.2. The number of aromatic nitrogens is 1. The van der Waals surface area contributed by atoms with Crippen LogP contribution >= 0.6 is 0 Å². The molecular weight excluding hydrogens is 228 g/mol. The van der Waals surface area contributed by atoms with E-state index >= 15 is 0 Å². The topological polar surface area (TPSA) is 54.1 Å². The summed E-state index contributed by atoms with van der Waals surface area (Å²) in [5.41, 5.74) is 2.28. The lowest BCUT2D eigenvalue weighted by Crippen LogP contribution is -2.24. The maximum atomic E-state index is 10.9. The highest BCUT2D eigenvalue weighted by Gasteiger charge is 2.12. The van der Waals surface area contributed by atoms with Crippen LogP contribution in [-0.4, -0.2) is 24.5 Å². The molecule has 0 aliphatic heterocycles. The number of benzene rings is 1. The van der Waals surface area contributed by atoms with Gasteiger partial charge in [0.2, 0.25) is 5.91 Å². The predicted octanol–water partition coefficient (Wildman–Crippen LogP) is 2.42. The van der Waals surface area contributed by atoms with Gasteiger partial charge in [-0.2, -0.15) is 0 Å². The average Bonchev–Trinajstić information content (AvgIpc) is 2.78. The number of aromatic amines is 1. The SMILES string of the molecule is COc1ccc2[nH]cc([C@H](C)CNC(C)=O)c2c1. The molecule has 2 rings (SSSR count). The van der Waals surface area contributed by atoms with Crippen molar-refractivity contribution >= 4 is 16.8 Å². The number of methoxy groups -OCH3 is 1. The van der Waals surface area contributed by atoms with Crippen molar-refractivity contribution in [1.82, 2.24) is 10.3 Å². The van der Waals surface area contributed by atoms with Crippen LogP contribution in [0.3, 0.4) is 0 Å². The Bertz CT molecular complexity index is 560. The Balaban J connectivity index is 2.29. The maximum absolute atomic E-state index is 10.9. The first-order valence-corrected chi connectivity index (χ1v) is 6.01. The summed E-state index contributed by atoms with van der Waals surface area (Å²) in [5, 5.41) is 3.99. The lowest BCUT2D eigenvalue weighted by atomic mass is 10.0. The number of carbonyl (C=O) groups excluding carboxylic acids is 1. The third-order valence-corrected chi connectivity index (χ3v) is 3.11. The van der Waals surface area contributed by atoms with Gasteiger partial charge in [-0.3, -0.25) is 4.79 Å². The highest BCUT2D eigenvalue weighted by Crippen LogP contribution is 2.28. The van der Waals surface area contributed by atoms with Gasteiger partial charge in [-0.05, 0) is 23.8 Å². The van der Waals surface area contributed by atoms with Gasteiger partial charge in [0.05, 0.1) is 7.11 Å². The Kier molecular flexibility index (Phi) is 3.55. The minimum Gasteiger partial charge on any atom is -0.497 e. The summed E-state index contributed by atoms with van der Waals surface area (Å²) in [6.45, 7) is 4.27. The van der Waals surface area contributed by atoms with Crippen molar-refractivity contribution in [3.05, 3.63) is 30.0 Å². The molecule has 96 valence electrons. The highest BCUT2D eigenvalue weighted by atomic mass is 16.5. The zero-order valence-corrected chi connectivity index (χ0v) is 10.9. The lowest BCUT2D eigenvalue weighted by Gasteiger charge is -2.11. The first-order valence-electron chi connectivity index (χ1n) is 6.01. The number of H-pyrrole nitrogens is 1. The fourth-order valence-electron chi connectivity index (χ4n) is 2.06. The number of fused-ring (bicyclic) bond motifs is 1. The van der Waals surface area contributed by atoms with Crippen molar-refractivity contribution in [3.63, 3.8) is 0 Å². The molecule has 1 aromatic carbocycles. The quantitative estimate of drug-likeness (QED) is 0.870. The third kappa shape index (κ3) is 2.47. The van der Waals surface area contributed by atoms with E-state index in [9.17, 15) is 4.79 Å². The van der Waals surface area contributed by atoms with Crippen LogP contribution in [0.1, 0.15) is 25.3 Å². The van der Waals surface area contributed by atoms with Gasteiger partial charge in [-0.15, -0.1) is 0 Å². The lowest BCUT2D eigenvalue weighted by molar-refractivity contribution is -0.119. The minimum atomic E-state index is -0.000674. The van der Waals surface area contributed by atoms with E-state index in [1.54, 1.807) is 7.11 Å². The molecule has 1 atom stereocenters. The molecule has 1 amide bonds. The fourth-order valence-corrected chi connectivity index (χ4v) is 2.06. The summed E-state index contributed by atoms with van der Waals surface area (Å²) in [6, 6.07) is 5.95. The summed E-state index contributed by atoms with van der Waals surface area (Å²) in [6.07, 6.45) is 2.00. The Morgan fingerprint density at radius 2 is 2.28 bits per heavy atom. The largest absolute Gasteiger partial charge is 0.497 e. The molecule has 0 aliphatic rings. The van der Waals surface area contributed by atoms with Gasteiger partial charge >= 0.3 is 0 Å². The van der Waals surface area contributed by atoms with E-state index in [2.05, 4.69) is 17.2 Å². The molecule has 0 bridgehead atoms. The number of ether oxygens (including phenoxy) is 1. The molecule has 0 fully saturated rings. The van der Waals surface area contributed by atoms with Crippen LogP contribution in [0.15, 0.2) is 24.4 Å². The van der Waals surface area contributed by atoms with Gasteiger partial charge in [-0.25, -0.2) is 0 Å². The smallest absolute Gasteiger partial charge is 0.216 e. The molecule has 0 unspecified atom stereocenters. The zero-order chi connectivity index (χ0) is 13.1. The second-order valence-electron chi connectivity index (χ2n) is 4.49. The highest BCUT2D eigenvalue weighted by molar-refractivity contribution is 5.85. The Morgan fingerprint density at radius 3 is 2.94 bits per heavy atom. The molecule has 1 heterocycles. The average molecular weight is 246 g/mol. The molecule has 0 aliphatic carbocycles. The number of nitrogens with one attached hydrogen (secondary N) is 2. The summed E-state index contributed by atoms with van der Waals surface area (Å²) >= 11 is 0. The molecule has 0 spiro atoms. The van der Waals surface area contributed by atoms with Crippen LogP contribution in [0.25, 0.3) is 10.9 Å². The fraction of sp³-hybridized carbons (Fsp3) is 0.357. The number of hydrogen-bond donors (Lipinski definition) is 2. The molecule has 4 heteroatoms. The number of rotatable bonds is 4. The Morgan fingerprint density at radius 1 is 1.50 bits per heavy atom. The number of amides is 1. The van der Waals surface area contributed by atoms with Gasteiger partial charge < -0.3 is 15.0 Å². The van der Waals surface area contributed by atoms with E-state index in [1.807, 2.05) is 24.4 Å². The normalized spacial score (nSPS) is 12.4. The predicted molar refractivity (Wildman–Crippen MR) is 71.9 cm³/mol. The third-order valence-electron chi connectivity index (χ3n) is 3.11. The zero-order valence-electron chi connectivity index (χ0n) is 10.9. The van der Waals surface area contributed by atoms with E-state index in [0.29, 0.717) is 6.54 Å². The molecular formula is C14H18N2O2. The number of carbonyl (C=O) groups is 1. The monoisotopic (exact) mass is 246 g/mol. The van der Waals surface area contributed by atoms with Gasteiger partial charge in [0.1, 0.15) is 5.75 Å². The van der Waals surface area contributed by atoms with Crippen molar-refractivity contribution in [1.29, 1.82) is 0 Å². The van der Waals surface area contributed by atoms with Gasteiger partial charge in [0.25, 0.3) is 0 Å². The van der Waals surface area contributed by atoms with E-state index in [4.69, 9.17) is 4.74 Å². The van der Waals surface area contributed by atoms with E-state index in [1.165, 1.54) is 12.5 Å². The van der Waals surface area contributed by atoms with Crippen LogP contribution in [-0.2, 0) is 4.79 Å². The molecule has 0 saturated heterocycles. The van der Waals surface area contributed by atoms with Crippen LogP contribution in [0, 0.1) is 0 Å². The first kappa shape index (κ1) is 12.5. The molecule has 1 aromatic heterocycles. The molecule has 2 N–H and O–H groups in total. The second kappa shape index (κ2) is 5.12. The summed E-state index contributed by atoms with van der Waals surface area (Å²) in [7, 11) is 1.66. The van der Waals surface area contributed by atoms with Crippen molar-refractivity contribution in [3.8, 4) is 5.75 Å². The van der Waals surface area contributed by atoms with Crippen LogP contribution in [0.4, 0.5) is 0 Å². The maximum Gasteiger partial charge on any atom is 0.216 e. The molecule has 0 saturated carbocycles. The molecule has 0 radical (unpaired) electrons. The Labute approximate surface area is 106 Å². The van der Waals surface area contributed by atoms with Crippen molar-refractivity contribution in [2.45, 2.75) is 19.8 Å². The van der Waals surface area contributed by atoms with Crippen LogP contribution in [0.5, 0.6) is 5.75 Å². The Hall–Kier alpha value is -1.97. The molecule has 18 heavy (non-hydrogen) atoms. The van der Waals surface area contributed by atoms with Crippen molar-refractivity contribution in [2.24, 2.45) is 0 Å². The van der Waals surface area contributed by atoms with E-state index in [-0.39, 0.29) is 11.8 Å². The van der Waals surface area contributed by atoms with Crippen molar-refractivity contribution in [2.75, 3.05) is 13.7 Å². The van der Waals surface area contributed by atoms with Crippen molar-refractivity contribution < 1.29 is 9.53 Å². The van der Waals surface area contributed by atoms with Gasteiger partial charge in [0.15, 0.2) is 0 Å². The van der Waals surface area contributed by atoms with E-state index < -0.39 is 0 Å². The molecule has 4 nitrogen and oxygen atoms in total. The minimum absolute atomic E-state index is 0.000674. The first-order chi connectivity index (χ1) is 8.61. The molecule has 2 aromatic rings. The second-order valence-corrected chi connectivity index (χ2v) is 4.49. The number of hydrogen-bond acceptors (Lipinski definition) is 2.